The number of carbonyl (C=O) groups is 1. The fraction of sp³-hybridized carbons (Fsp3) is 0.786. The number of aliphatic hydroxyl groups excluding tert-OH is 2. The SMILES string of the molecule is Nc1ncnc2c1ncn2C1OC(C(=O)NCCCCCCCCCC[N+](=O)N2CCNCCNCCNCC2)C(O)C1O. The molecule has 2 aromatic rings. The highest BCUT2D eigenvalue weighted by atomic mass is 16.6. The van der Waals surface area contributed by atoms with Gasteiger partial charge in [0.2, 0.25) is 6.54 Å². The largest absolute Gasteiger partial charge is 0.387 e. The fourth-order valence-electron chi connectivity index (χ4n) is 5.53. The molecule has 2 aliphatic rings. The molecule has 2 aliphatic heterocycles. The second-order valence-corrected chi connectivity index (χ2v) is 11.4. The van der Waals surface area contributed by atoms with E-state index in [2.05, 4.69) is 36.2 Å². The molecule has 0 radical (unpaired) electrons. The maximum Gasteiger partial charge on any atom is 0.252 e. The molecule has 2 saturated heterocycles. The Bertz CT molecular complexity index is 1160. The van der Waals surface area contributed by atoms with Gasteiger partial charge in [-0.1, -0.05) is 32.1 Å². The molecule has 4 rings (SSSR count). The van der Waals surface area contributed by atoms with E-state index in [4.69, 9.17) is 10.5 Å². The second-order valence-electron chi connectivity index (χ2n) is 11.4. The van der Waals surface area contributed by atoms with Crippen molar-refractivity contribution in [3.05, 3.63) is 17.6 Å². The number of nitrogens with two attached hydrogens (primary N) is 1. The van der Waals surface area contributed by atoms with E-state index in [-0.39, 0.29) is 5.82 Å². The van der Waals surface area contributed by atoms with Crippen molar-refractivity contribution in [2.24, 2.45) is 0 Å². The van der Waals surface area contributed by atoms with Crippen molar-refractivity contribution in [2.75, 3.05) is 71.2 Å². The van der Waals surface area contributed by atoms with Crippen LogP contribution in [0.25, 0.3) is 11.2 Å². The highest BCUT2D eigenvalue weighted by Crippen LogP contribution is 2.32. The van der Waals surface area contributed by atoms with E-state index >= 15 is 0 Å². The van der Waals surface area contributed by atoms with E-state index in [9.17, 15) is 19.9 Å². The maximum absolute atomic E-state index is 12.7. The fourth-order valence-corrected chi connectivity index (χ4v) is 5.53. The number of carbonyl (C=O) groups excluding carboxylic acids is 1. The van der Waals surface area contributed by atoms with Crippen molar-refractivity contribution in [3.8, 4) is 0 Å². The Morgan fingerprint density at radius 2 is 1.52 bits per heavy atom. The lowest BCUT2D eigenvalue weighted by atomic mass is 10.1. The highest BCUT2D eigenvalue weighted by Gasteiger charge is 2.47. The third kappa shape index (κ3) is 9.74. The van der Waals surface area contributed by atoms with Gasteiger partial charge in [0.1, 0.15) is 28.9 Å². The Kier molecular flexibility index (Phi) is 13.9. The molecule has 16 nitrogen and oxygen atoms in total. The van der Waals surface area contributed by atoms with Crippen LogP contribution in [0.15, 0.2) is 12.7 Å². The first kappa shape index (κ1) is 33.9. The molecule has 16 heteroatoms. The number of nitrogens with one attached hydrogen (secondary N) is 4. The van der Waals surface area contributed by atoms with E-state index in [0.717, 1.165) is 109 Å². The summed E-state index contributed by atoms with van der Waals surface area (Å²) in [5, 5.41) is 35.9. The van der Waals surface area contributed by atoms with Gasteiger partial charge in [0.25, 0.3) is 5.91 Å². The lowest BCUT2D eigenvalue weighted by Gasteiger charge is -2.17. The van der Waals surface area contributed by atoms with Gasteiger partial charge in [-0.3, -0.25) is 9.36 Å². The summed E-state index contributed by atoms with van der Waals surface area (Å²) in [5.41, 5.74) is 6.52. The normalized spacial score (nSPS) is 23.7. The summed E-state index contributed by atoms with van der Waals surface area (Å²) in [4.78, 5) is 38.7. The Morgan fingerprint density at radius 1 is 0.909 bits per heavy atom. The molecule has 2 aromatic heterocycles. The van der Waals surface area contributed by atoms with E-state index in [0.29, 0.717) is 24.3 Å². The number of nitrogen functional groups attached to an aromatic ring is 1. The van der Waals surface area contributed by atoms with Gasteiger partial charge in [-0.25, -0.2) is 15.0 Å². The first-order chi connectivity index (χ1) is 21.5. The predicted molar refractivity (Wildman–Crippen MR) is 164 cm³/mol. The minimum absolute atomic E-state index is 0.186. The smallest absolute Gasteiger partial charge is 0.252 e. The average molecular weight is 621 g/mol. The quantitative estimate of drug-likeness (QED) is 0.100. The summed E-state index contributed by atoms with van der Waals surface area (Å²) in [6.45, 7) is 7.73. The van der Waals surface area contributed by atoms with Gasteiger partial charge in [0.15, 0.2) is 23.8 Å². The molecule has 0 bridgehead atoms. The number of nitroso groups, excluding NO2 is 1. The molecule has 4 atom stereocenters. The van der Waals surface area contributed by atoms with E-state index in [1.165, 1.54) is 17.2 Å². The molecule has 2 fully saturated rings. The zero-order valence-electron chi connectivity index (χ0n) is 25.6. The van der Waals surface area contributed by atoms with Crippen LogP contribution in [0.2, 0.25) is 0 Å². The van der Waals surface area contributed by atoms with Gasteiger partial charge in [0, 0.05) is 52.2 Å². The Hall–Kier alpha value is -3.02. The number of hydrazine groups is 1. The lowest BCUT2D eigenvalue weighted by Crippen LogP contribution is -2.45. The van der Waals surface area contributed by atoms with Crippen LogP contribution in [-0.2, 0) is 9.53 Å². The molecule has 1 amide bonds. The van der Waals surface area contributed by atoms with Crippen LogP contribution in [-0.4, -0.2) is 129 Å². The Labute approximate surface area is 258 Å². The Morgan fingerprint density at radius 3 is 2.20 bits per heavy atom. The highest BCUT2D eigenvalue weighted by molar-refractivity contribution is 5.82. The summed E-state index contributed by atoms with van der Waals surface area (Å²) in [5.74, 6) is -0.283. The summed E-state index contributed by atoms with van der Waals surface area (Å²) in [6, 6.07) is 0. The van der Waals surface area contributed by atoms with E-state index < -0.39 is 30.4 Å². The summed E-state index contributed by atoms with van der Waals surface area (Å²) >= 11 is 0. The Balaban J connectivity index is 1.03. The van der Waals surface area contributed by atoms with Crippen molar-refractivity contribution in [1.82, 2.24) is 45.8 Å². The zero-order chi connectivity index (χ0) is 31.1. The molecular formula is C28H50N11O5+. The van der Waals surface area contributed by atoms with Crippen molar-refractivity contribution in [1.29, 1.82) is 0 Å². The number of aliphatic hydroxyl groups is 2. The van der Waals surface area contributed by atoms with Crippen LogP contribution < -0.4 is 27.0 Å². The van der Waals surface area contributed by atoms with Gasteiger partial charge < -0.3 is 42.0 Å². The molecule has 246 valence electrons. The summed E-state index contributed by atoms with van der Waals surface area (Å²) < 4.78 is 7.18. The van der Waals surface area contributed by atoms with Crippen LogP contribution in [0.5, 0.6) is 0 Å². The van der Waals surface area contributed by atoms with Crippen molar-refractivity contribution in [3.63, 3.8) is 0 Å². The number of fused-ring (bicyclic) bond motifs is 1. The third-order valence-electron chi connectivity index (χ3n) is 8.10. The summed E-state index contributed by atoms with van der Waals surface area (Å²) in [6.07, 6.45) is 5.80. The van der Waals surface area contributed by atoms with Gasteiger partial charge in [-0.2, -0.15) is 0 Å². The first-order valence-corrected chi connectivity index (χ1v) is 16.0. The first-order valence-electron chi connectivity index (χ1n) is 16.0. The molecular weight excluding hydrogens is 570 g/mol. The number of unbranched alkanes of at least 4 members (excludes halogenated alkanes) is 7. The number of aromatic nitrogens is 4. The molecule has 0 spiro atoms. The number of nitrogens with zero attached hydrogens (tertiary/aromatic N) is 6. The van der Waals surface area contributed by atoms with E-state index in [1.807, 2.05) is 5.01 Å². The number of amides is 1. The molecule has 44 heavy (non-hydrogen) atoms. The monoisotopic (exact) mass is 620 g/mol. The van der Waals surface area contributed by atoms with Crippen LogP contribution in [0, 0.1) is 4.91 Å². The number of hydrogen-bond acceptors (Lipinski definition) is 12. The predicted octanol–water partition coefficient (Wildman–Crippen LogP) is -0.957. The molecule has 8 N–H and O–H groups in total. The molecule has 4 heterocycles. The standard InChI is InChI=1S/C28H49N11O5/c29-25-21-26(35-19-34-25)38(20-36-21)28-23(41)22(40)24(44-28)27(42)33-9-7-5-3-1-2-4-6-8-16-39(43)37-17-14-31-12-10-30-11-13-32-15-18-37/h19-20,22-24,28,30-32,40-41H,1-18H2,(H2-,29,33,34,35,42)/p+1. The second kappa shape index (κ2) is 18.1. The van der Waals surface area contributed by atoms with Crippen LogP contribution in [0.1, 0.15) is 57.6 Å². The topological polar surface area (TPSA) is 208 Å². The zero-order valence-corrected chi connectivity index (χ0v) is 25.6. The van der Waals surface area contributed by atoms with Gasteiger partial charge in [-0.05, 0) is 12.8 Å². The number of anilines is 1. The number of ether oxygens (including phenoxy) is 1. The molecule has 4 unspecified atom stereocenters. The van der Waals surface area contributed by atoms with Crippen molar-refractivity contribution in [2.45, 2.75) is 75.9 Å². The number of imidazole rings is 1. The number of rotatable bonds is 14. The van der Waals surface area contributed by atoms with E-state index in [1.54, 1.807) is 0 Å². The number of hydrogen-bond donors (Lipinski definition) is 7. The minimum Gasteiger partial charge on any atom is -0.387 e. The van der Waals surface area contributed by atoms with Crippen LogP contribution >= 0.6 is 0 Å². The maximum atomic E-state index is 12.7. The average Bonchev–Trinajstić information content (AvgIpc) is 3.57. The van der Waals surface area contributed by atoms with Crippen molar-refractivity contribution < 1.29 is 24.6 Å². The van der Waals surface area contributed by atoms with Gasteiger partial charge in [-0.15, -0.1) is 5.01 Å². The summed E-state index contributed by atoms with van der Waals surface area (Å²) in [7, 11) is 0. The molecule has 0 aromatic carbocycles. The van der Waals surface area contributed by atoms with Gasteiger partial charge in [0.05, 0.1) is 24.3 Å². The minimum atomic E-state index is -1.39. The lowest BCUT2D eigenvalue weighted by molar-refractivity contribution is -0.707. The van der Waals surface area contributed by atoms with Crippen LogP contribution in [0.4, 0.5) is 5.82 Å². The molecule has 0 aliphatic carbocycles. The van der Waals surface area contributed by atoms with Crippen molar-refractivity contribution >= 4 is 22.9 Å². The third-order valence-corrected chi connectivity index (χ3v) is 8.10. The molecule has 0 saturated carbocycles. The van der Waals surface area contributed by atoms with Gasteiger partial charge >= 0.3 is 0 Å². The van der Waals surface area contributed by atoms with Crippen LogP contribution in [0.3, 0.4) is 0 Å².